The van der Waals surface area contributed by atoms with Crippen LogP contribution >= 0.6 is 0 Å². The van der Waals surface area contributed by atoms with Gasteiger partial charge >= 0.3 is 0 Å². The number of hydrogen-bond acceptors (Lipinski definition) is 4. The van der Waals surface area contributed by atoms with Gasteiger partial charge in [-0.1, -0.05) is 39.8 Å². The molecule has 0 aliphatic heterocycles. The number of ether oxygens (including phenoxy) is 1. The third-order valence-electron chi connectivity index (χ3n) is 7.27. The highest BCUT2D eigenvalue weighted by Gasteiger charge is 2.33. The number of hydrogen-bond donors (Lipinski definition) is 2. The fraction of sp³-hybridized carbons (Fsp3) is 0.621. The van der Waals surface area contributed by atoms with Crippen molar-refractivity contribution in [3.05, 3.63) is 52.8 Å². The van der Waals surface area contributed by atoms with E-state index in [1.807, 2.05) is 13.0 Å². The van der Waals surface area contributed by atoms with E-state index in [1.165, 1.54) is 11.1 Å². The van der Waals surface area contributed by atoms with Crippen molar-refractivity contribution < 1.29 is 14.6 Å². The first-order valence-electron chi connectivity index (χ1n) is 13.4. The Balaban J connectivity index is 2.28. The minimum atomic E-state index is -0.505. The minimum Gasteiger partial charge on any atom is -0.491 e. The van der Waals surface area contributed by atoms with Crippen LogP contribution in [-0.4, -0.2) is 59.4 Å². The Kier molecular flexibility index (Phi) is 11.3. The first-order valence-corrected chi connectivity index (χ1v) is 13.4. The monoisotopic (exact) mass is 485 g/mol. The molecule has 1 unspecified atom stereocenters. The molecule has 6 nitrogen and oxygen atoms in total. The van der Waals surface area contributed by atoms with Gasteiger partial charge in [-0.05, 0) is 88.5 Å². The van der Waals surface area contributed by atoms with Crippen LogP contribution in [0.4, 0.5) is 0 Å². The highest BCUT2D eigenvalue weighted by atomic mass is 16.5. The molecule has 1 amide bonds. The van der Waals surface area contributed by atoms with Crippen LogP contribution in [0.1, 0.15) is 88.0 Å². The molecule has 35 heavy (non-hydrogen) atoms. The van der Waals surface area contributed by atoms with Gasteiger partial charge in [-0.2, -0.15) is 0 Å². The number of aliphatic hydroxyl groups excluding tert-OH is 1. The van der Waals surface area contributed by atoms with Crippen molar-refractivity contribution >= 4 is 5.91 Å². The zero-order chi connectivity index (χ0) is 26.0. The number of amides is 1. The smallest absolute Gasteiger partial charge is 0.267 e. The number of benzene rings is 1. The van der Waals surface area contributed by atoms with Crippen molar-refractivity contribution in [2.45, 2.75) is 85.8 Å². The van der Waals surface area contributed by atoms with E-state index in [9.17, 15) is 9.90 Å². The second kappa shape index (κ2) is 13.7. The normalized spacial score (nSPS) is 12.7. The van der Waals surface area contributed by atoms with E-state index in [1.54, 1.807) is 6.92 Å². The molecule has 1 heterocycles. The average Bonchev–Trinajstić information content (AvgIpc) is 3.29. The summed E-state index contributed by atoms with van der Waals surface area (Å²) in [4.78, 5) is 15.5. The number of carbonyl (C=O) groups is 1. The minimum absolute atomic E-state index is 0.00296. The van der Waals surface area contributed by atoms with Crippen LogP contribution in [0.15, 0.2) is 30.5 Å². The molecule has 2 aromatic rings. The fourth-order valence-corrected chi connectivity index (χ4v) is 4.91. The number of nitrogens with zero attached hydrogens (tertiary/aromatic N) is 2. The Morgan fingerprint density at radius 2 is 1.80 bits per heavy atom. The summed E-state index contributed by atoms with van der Waals surface area (Å²) in [6.45, 7) is 19.4. The van der Waals surface area contributed by atoms with Gasteiger partial charge in [-0.15, -0.1) is 0 Å². The van der Waals surface area contributed by atoms with Gasteiger partial charge in [0.05, 0.1) is 6.10 Å². The summed E-state index contributed by atoms with van der Waals surface area (Å²) >= 11 is 0. The molecule has 0 saturated carbocycles. The maximum absolute atomic E-state index is 13.1. The first-order chi connectivity index (χ1) is 16.8. The van der Waals surface area contributed by atoms with Gasteiger partial charge < -0.3 is 24.6 Å². The van der Waals surface area contributed by atoms with Crippen LogP contribution in [-0.2, 0) is 12.0 Å². The van der Waals surface area contributed by atoms with Crippen LogP contribution in [0.5, 0.6) is 5.75 Å². The molecule has 0 radical (unpaired) electrons. The van der Waals surface area contributed by atoms with Gasteiger partial charge in [-0.25, -0.2) is 0 Å². The van der Waals surface area contributed by atoms with E-state index in [0.717, 1.165) is 62.4 Å². The number of rotatable bonds is 15. The molecule has 1 aromatic heterocycles. The van der Waals surface area contributed by atoms with E-state index in [-0.39, 0.29) is 17.9 Å². The quantitative estimate of drug-likeness (QED) is 0.343. The Morgan fingerprint density at radius 1 is 1.11 bits per heavy atom. The molecule has 1 aromatic carbocycles. The highest BCUT2D eigenvalue weighted by molar-refractivity contribution is 5.93. The predicted octanol–water partition coefficient (Wildman–Crippen LogP) is 5.14. The number of aryl methyl sites for hydroxylation is 2. The summed E-state index contributed by atoms with van der Waals surface area (Å²) in [5, 5.41) is 12.7. The lowest BCUT2D eigenvalue weighted by Crippen LogP contribution is -2.30. The average molecular weight is 486 g/mol. The summed E-state index contributed by atoms with van der Waals surface area (Å²) in [5.41, 5.74) is 3.99. The van der Waals surface area contributed by atoms with E-state index in [4.69, 9.17) is 4.74 Å². The van der Waals surface area contributed by atoms with Crippen LogP contribution in [0.25, 0.3) is 0 Å². The van der Waals surface area contributed by atoms with Crippen LogP contribution in [0.2, 0.25) is 0 Å². The summed E-state index contributed by atoms with van der Waals surface area (Å²) in [7, 11) is 0. The molecular formula is C29H47N3O3. The number of nitrogens with one attached hydrogen (secondary N) is 1. The molecule has 0 aliphatic carbocycles. The lowest BCUT2D eigenvalue weighted by molar-refractivity contribution is 0.0942. The first kappa shape index (κ1) is 28.9. The van der Waals surface area contributed by atoms with Gasteiger partial charge in [0.25, 0.3) is 5.91 Å². The van der Waals surface area contributed by atoms with E-state index < -0.39 is 6.10 Å². The maximum atomic E-state index is 13.1. The summed E-state index contributed by atoms with van der Waals surface area (Å²) < 4.78 is 7.85. The van der Waals surface area contributed by atoms with Crippen LogP contribution in [0.3, 0.4) is 0 Å². The molecule has 0 fully saturated rings. The van der Waals surface area contributed by atoms with Crippen molar-refractivity contribution in [3.63, 3.8) is 0 Å². The summed E-state index contributed by atoms with van der Waals surface area (Å²) in [5.74, 6) is 0.795. The largest absolute Gasteiger partial charge is 0.491 e. The van der Waals surface area contributed by atoms with E-state index >= 15 is 0 Å². The van der Waals surface area contributed by atoms with Crippen molar-refractivity contribution in [2.24, 2.45) is 0 Å². The molecule has 0 aliphatic rings. The van der Waals surface area contributed by atoms with Crippen molar-refractivity contribution in [3.8, 4) is 5.75 Å². The summed E-state index contributed by atoms with van der Waals surface area (Å²) in [6, 6.07) is 8.42. The van der Waals surface area contributed by atoms with E-state index in [0.29, 0.717) is 6.54 Å². The Labute approximate surface area is 212 Å². The van der Waals surface area contributed by atoms with Gasteiger partial charge in [-0.3, -0.25) is 4.79 Å². The Bertz CT molecular complexity index is 927. The zero-order valence-electron chi connectivity index (χ0n) is 23.0. The third-order valence-corrected chi connectivity index (χ3v) is 7.27. The molecule has 0 bridgehead atoms. The lowest BCUT2D eigenvalue weighted by atomic mass is 9.71. The second-order valence-electron chi connectivity index (χ2n) is 9.47. The number of carbonyl (C=O) groups excluding carboxylic acids is 1. The van der Waals surface area contributed by atoms with Crippen molar-refractivity contribution in [1.29, 1.82) is 0 Å². The standard InChI is InChI=1S/C29H47N3O3/c1-8-29(9-2,24-14-15-27(22(6)18-24)35-21-23(7)33)25-19-26(32(12-5)20-25)28(34)30-16-13-17-31(10-3)11-4/h14-15,18-20,23,33H,8-13,16-17,21H2,1-7H3,(H,30,34). The number of aromatic nitrogens is 1. The molecule has 6 heteroatoms. The van der Waals surface area contributed by atoms with E-state index in [2.05, 4.69) is 73.8 Å². The zero-order valence-corrected chi connectivity index (χ0v) is 23.0. The number of aliphatic hydroxyl groups is 1. The maximum Gasteiger partial charge on any atom is 0.267 e. The van der Waals surface area contributed by atoms with Crippen molar-refractivity contribution in [2.75, 3.05) is 32.8 Å². The van der Waals surface area contributed by atoms with Gasteiger partial charge in [0.15, 0.2) is 0 Å². The molecule has 0 saturated heterocycles. The molecular weight excluding hydrogens is 438 g/mol. The van der Waals surface area contributed by atoms with Gasteiger partial charge in [0, 0.05) is 24.7 Å². The van der Waals surface area contributed by atoms with Crippen LogP contribution in [0, 0.1) is 6.92 Å². The SMILES string of the molecule is CCN(CC)CCCNC(=O)c1cc(C(CC)(CC)c2ccc(OCC(C)O)c(C)c2)cn1CC. The van der Waals surface area contributed by atoms with Crippen LogP contribution < -0.4 is 10.1 Å². The lowest BCUT2D eigenvalue weighted by Gasteiger charge is -2.32. The molecule has 2 N–H and O–H groups in total. The third kappa shape index (κ3) is 7.11. The predicted molar refractivity (Wildman–Crippen MR) is 145 cm³/mol. The fourth-order valence-electron chi connectivity index (χ4n) is 4.91. The highest BCUT2D eigenvalue weighted by Crippen LogP contribution is 2.41. The topological polar surface area (TPSA) is 66.7 Å². The summed E-state index contributed by atoms with van der Waals surface area (Å²) in [6.07, 6.45) is 4.45. The Hall–Kier alpha value is -2.31. The molecule has 1 atom stereocenters. The van der Waals surface area contributed by atoms with Gasteiger partial charge in [0.1, 0.15) is 18.1 Å². The second-order valence-corrected chi connectivity index (χ2v) is 9.47. The molecule has 0 spiro atoms. The molecule has 2 rings (SSSR count). The Morgan fingerprint density at radius 3 is 2.34 bits per heavy atom. The van der Waals surface area contributed by atoms with Gasteiger partial charge in [0.2, 0.25) is 0 Å². The van der Waals surface area contributed by atoms with Crippen molar-refractivity contribution in [1.82, 2.24) is 14.8 Å². The molecule has 196 valence electrons.